The average Bonchev–Trinajstić information content (AvgIpc) is 3.13. The van der Waals surface area contributed by atoms with Crippen molar-refractivity contribution in [3.63, 3.8) is 0 Å². The van der Waals surface area contributed by atoms with Crippen LogP contribution in [-0.2, 0) is 18.4 Å². The van der Waals surface area contributed by atoms with Crippen molar-refractivity contribution in [2.45, 2.75) is 212 Å². The number of hydrogen-bond donors (Lipinski definition) is 2. The number of likely N-dealkylation sites (N-methyl/N-ethyl adjacent to an activating group) is 1. The van der Waals surface area contributed by atoms with Gasteiger partial charge in [0.25, 0.3) is 7.82 Å². The molecule has 3 atom stereocenters. The number of nitrogens with one attached hydrogen (secondary N) is 1. The van der Waals surface area contributed by atoms with Crippen LogP contribution in [0.1, 0.15) is 200 Å². The number of allylic oxidation sites excluding steroid dienone is 5. The highest BCUT2D eigenvalue weighted by Gasteiger charge is 2.23. The molecule has 0 radical (unpaired) electrons. The van der Waals surface area contributed by atoms with Crippen molar-refractivity contribution in [3.8, 4) is 0 Å². The average molecular weight is 797 g/mol. The number of carbonyl (C=O) groups excluding carboxylic acids is 1. The Morgan fingerprint density at radius 3 is 1.53 bits per heavy atom. The summed E-state index contributed by atoms with van der Waals surface area (Å²) in [6.07, 6.45) is 46.1. The molecule has 0 aliphatic heterocycles. The largest absolute Gasteiger partial charge is 0.756 e. The fourth-order valence-electron chi connectivity index (χ4n) is 6.42. The van der Waals surface area contributed by atoms with Crippen LogP contribution < -0.4 is 10.2 Å². The van der Waals surface area contributed by atoms with Crippen LogP contribution in [0.5, 0.6) is 0 Å². The van der Waals surface area contributed by atoms with E-state index in [0.717, 1.165) is 64.2 Å². The van der Waals surface area contributed by atoms with Gasteiger partial charge in [-0.15, -0.1) is 0 Å². The van der Waals surface area contributed by atoms with E-state index in [-0.39, 0.29) is 19.1 Å². The highest BCUT2D eigenvalue weighted by molar-refractivity contribution is 7.45. The van der Waals surface area contributed by atoms with E-state index in [2.05, 4.69) is 43.5 Å². The predicted molar refractivity (Wildman–Crippen MR) is 233 cm³/mol. The first-order chi connectivity index (χ1) is 26.5. The molecule has 0 aromatic heterocycles. The molecule has 9 heteroatoms. The SMILES string of the molecule is CCCCCC/C=C\C/C=C\CCCCCCCC(=O)NC(COP(=O)([O-])OCC[N+](C)(C)C)C(O)/C=C/CCCCCCCCCCCCCCCCC. The second-order valence-electron chi connectivity index (χ2n) is 16.8. The van der Waals surface area contributed by atoms with Gasteiger partial charge < -0.3 is 28.8 Å². The summed E-state index contributed by atoms with van der Waals surface area (Å²) < 4.78 is 23.2. The van der Waals surface area contributed by atoms with Crippen LogP contribution in [0.3, 0.4) is 0 Å². The zero-order chi connectivity index (χ0) is 40.7. The second kappa shape index (κ2) is 38.2. The molecule has 0 aromatic carbocycles. The summed E-state index contributed by atoms with van der Waals surface area (Å²) in [7, 11) is 1.25. The summed E-state index contributed by atoms with van der Waals surface area (Å²) in [6, 6.07) is -0.892. The van der Waals surface area contributed by atoms with E-state index in [0.29, 0.717) is 17.4 Å². The number of carbonyl (C=O) groups is 1. The molecule has 55 heavy (non-hydrogen) atoms. The summed E-state index contributed by atoms with van der Waals surface area (Å²) in [6.45, 7) is 4.62. The number of unbranched alkanes of at least 4 members (excludes halogenated alkanes) is 24. The Morgan fingerprint density at radius 2 is 1.05 bits per heavy atom. The lowest BCUT2D eigenvalue weighted by atomic mass is 10.0. The maximum absolute atomic E-state index is 12.8. The lowest BCUT2D eigenvalue weighted by molar-refractivity contribution is -0.870. The molecule has 0 aliphatic carbocycles. The lowest BCUT2D eigenvalue weighted by Gasteiger charge is -2.29. The van der Waals surface area contributed by atoms with Crippen LogP contribution in [0.4, 0.5) is 0 Å². The molecule has 0 heterocycles. The summed E-state index contributed by atoms with van der Waals surface area (Å²) in [5, 5.41) is 13.8. The Hall–Kier alpha value is -1.28. The highest BCUT2D eigenvalue weighted by atomic mass is 31.2. The zero-order valence-corrected chi connectivity index (χ0v) is 37.5. The third kappa shape index (κ3) is 40.7. The number of rotatable bonds is 41. The number of hydrogen-bond acceptors (Lipinski definition) is 6. The number of aliphatic hydroxyl groups excluding tert-OH is 1. The van der Waals surface area contributed by atoms with Crippen molar-refractivity contribution in [3.05, 3.63) is 36.5 Å². The molecule has 1 amide bonds. The summed E-state index contributed by atoms with van der Waals surface area (Å²) >= 11 is 0. The first-order valence-corrected chi connectivity index (χ1v) is 24.3. The van der Waals surface area contributed by atoms with E-state index in [4.69, 9.17) is 9.05 Å². The summed E-state index contributed by atoms with van der Waals surface area (Å²) in [4.78, 5) is 25.3. The minimum absolute atomic E-state index is 0.00407. The molecule has 0 saturated carbocycles. The number of phosphoric ester groups is 1. The van der Waals surface area contributed by atoms with Crippen molar-refractivity contribution in [2.75, 3.05) is 40.9 Å². The van der Waals surface area contributed by atoms with Gasteiger partial charge in [0.1, 0.15) is 13.2 Å². The zero-order valence-electron chi connectivity index (χ0n) is 36.6. The van der Waals surface area contributed by atoms with Gasteiger partial charge in [-0.2, -0.15) is 0 Å². The minimum atomic E-state index is -4.59. The number of aliphatic hydroxyl groups is 1. The Balaban J connectivity index is 4.44. The smallest absolute Gasteiger partial charge is 0.268 e. The monoisotopic (exact) mass is 797 g/mol. The number of quaternary nitrogens is 1. The maximum Gasteiger partial charge on any atom is 0.268 e. The molecule has 0 bridgehead atoms. The van der Waals surface area contributed by atoms with Crippen molar-refractivity contribution in [2.24, 2.45) is 0 Å². The Labute approximate surface area is 340 Å². The van der Waals surface area contributed by atoms with Crippen LogP contribution in [0.15, 0.2) is 36.5 Å². The number of phosphoric acid groups is 1. The Kier molecular flexibility index (Phi) is 37.4. The number of amides is 1. The first-order valence-electron chi connectivity index (χ1n) is 22.9. The van der Waals surface area contributed by atoms with Gasteiger partial charge >= 0.3 is 0 Å². The van der Waals surface area contributed by atoms with Crippen molar-refractivity contribution in [1.82, 2.24) is 5.32 Å². The molecular weight excluding hydrogens is 707 g/mol. The van der Waals surface area contributed by atoms with E-state index in [1.807, 2.05) is 27.2 Å². The molecule has 0 fully saturated rings. The molecule has 8 nitrogen and oxygen atoms in total. The molecule has 3 unspecified atom stereocenters. The van der Waals surface area contributed by atoms with Crippen LogP contribution in [0.25, 0.3) is 0 Å². The fraction of sp³-hybridized carbons (Fsp3) is 0.848. The molecule has 0 aliphatic rings. The maximum atomic E-state index is 12.8. The van der Waals surface area contributed by atoms with Crippen molar-refractivity contribution < 1.29 is 32.9 Å². The summed E-state index contributed by atoms with van der Waals surface area (Å²) in [5.74, 6) is -0.212. The van der Waals surface area contributed by atoms with E-state index < -0.39 is 20.0 Å². The molecular formula is C46H89N2O6P. The quantitative estimate of drug-likeness (QED) is 0.0276. The first kappa shape index (κ1) is 53.7. The van der Waals surface area contributed by atoms with Gasteiger partial charge in [-0.1, -0.05) is 179 Å². The normalized spacial score (nSPS) is 14.7. The standard InChI is InChI=1S/C46H89N2O6P/c1-6-8-10-12-14-16-18-20-22-24-25-27-29-31-33-35-37-39-45(49)44(43-54-55(51,52)53-42-41-48(3,4)5)47-46(50)40-38-36-34-32-30-28-26-23-21-19-17-15-13-11-9-7-2/h17,19,23,26,37,39,44-45,49H,6-16,18,20-22,24-25,27-36,38,40-43H2,1-5H3,(H-,47,50,51,52)/b19-17-,26-23-,39-37+. The van der Waals surface area contributed by atoms with Gasteiger partial charge in [-0.05, 0) is 51.4 Å². The van der Waals surface area contributed by atoms with Gasteiger partial charge in [-0.3, -0.25) is 9.36 Å². The van der Waals surface area contributed by atoms with E-state index in [9.17, 15) is 19.4 Å². The minimum Gasteiger partial charge on any atom is -0.756 e. The van der Waals surface area contributed by atoms with Gasteiger partial charge in [0.05, 0.1) is 39.9 Å². The number of nitrogens with zero attached hydrogens (tertiary/aromatic N) is 1. The third-order valence-corrected chi connectivity index (χ3v) is 11.1. The predicted octanol–water partition coefficient (Wildman–Crippen LogP) is 12.1. The van der Waals surface area contributed by atoms with E-state index in [1.54, 1.807) is 6.08 Å². The second-order valence-corrected chi connectivity index (χ2v) is 18.2. The molecule has 324 valence electrons. The van der Waals surface area contributed by atoms with Gasteiger partial charge in [0.2, 0.25) is 5.91 Å². The van der Waals surface area contributed by atoms with E-state index in [1.165, 1.54) is 116 Å². The molecule has 2 N–H and O–H groups in total. The van der Waals surface area contributed by atoms with Crippen molar-refractivity contribution in [1.29, 1.82) is 0 Å². The Bertz CT molecular complexity index is 995. The fourth-order valence-corrected chi connectivity index (χ4v) is 7.14. The summed E-state index contributed by atoms with van der Waals surface area (Å²) in [5.41, 5.74) is 0. The van der Waals surface area contributed by atoms with Gasteiger partial charge in [0.15, 0.2) is 0 Å². The van der Waals surface area contributed by atoms with E-state index >= 15 is 0 Å². The molecule has 0 saturated heterocycles. The molecule has 0 rings (SSSR count). The molecule has 0 aromatic rings. The highest BCUT2D eigenvalue weighted by Crippen LogP contribution is 2.38. The molecule has 0 spiro atoms. The topological polar surface area (TPSA) is 108 Å². The Morgan fingerprint density at radius 1 is 0.636 bits per heavy atom. The van der Waals surface area contributed by atoms with Crippen molar-refractivity contribution >= 4 is 13.7 Å². The third-order valence-electron chi connectivity index (χ3n) is 10.1. The van der Waals surface area contributed by atoms with Gasteiger partial charge in [0, 0.05) is 6.42 Å². The van der Waals surface area contributed by atoms with Gasteiger partial charge in [-0.25, -0.2) is 0 Å². The van der Waals surface area contributed by atoms with Crippen LogP contribution >= 0.6 is 7.82 Å². The lowest BCUT2D eigenvalue weighted by Crippen LogP contribution is -2.45. The van der Waals surface area contributed by atoms with Crippen LogP contribution in [-0.4, -0.2) is 68.5 Å². The van der Waals surface area contributed by atoms with Crippen LogP contribution in [0.2, 0.25) is 0 Å². The van der Waals surface area contributed by atoms with Crippen LogP contribution in [0, 0.1) is 0 Å².